The van der Waals surface area contributed by atoms with Crippen molar-refractivity contribution in [2.75, 3.05) is 0 Å². The van der Waals surface area contributed by atoms with E-state index in [0.717, 1.165) is 33.9 Å². The Hall–Kier alpha value is -5.84. The molecule has 0 N–H and O–H groups in total. The Morgan fingerprint density at radius 2 is 0.978 bits per heavy atom. The molecule has 9 aromatic rings. The minimum Gasteiger partial charge on any atom is -0.299 e. The first-order valence-electron chi connectivity index (χ1n) is 15.4. The average Bonchev–Trinajstić information content (AvgIpc) is 3.67. The second-order valence-corrected chi connectivity index (χ2v) is 12.5. The van der Waals surface area contributed by atoms with Crippen molar-refractivity contribution < 1.29 is 0 Å². The standard InChI is InChI=1S/C42H27N3S/c1-4-13-28(14-5-1)33-19-12-21-37-40(33)39(42-45(37)36-20-10-11-22-38(36)46-42)31-25-23-30(24-26-31)35-27-34(29-15-6-2-7-16-29)43-41(44-35)32-17-8-3-9-18-32/h1-27H. The number of para-hydroxylation sites is 1. The van der Waals surface area contributed by atoms with E-state index in [0.29, 0.717) is 0 Å². The van der Waals surface area contributed by atoms with Gasteiger partial charge in [-0.1, -0.05) is 140 Å². The first-order valence-corrected chi connectivity index (χ1v) is 16.2. The third-order valence-electron chi connectivity index (χ3n) is 8.64. The zero-order valence-corrected chi connectivity index (χ0v) is 25.7. The van der Waals surface area contributed by atoms with Gasteiger partial charge in [0.1, 0.15) is 4.83 Å². The van der Waals surface area contributed by atoms with E-state index in [2.05, 4.69) is 144 Å². The minimum absolute atomic E-state index is 0.721. The molecule has 0 saturated carbocycles. The summed E-state index contributed by atoms with van der Waals surface area (Å²) in [5.74, 6) is 0.721. The number of aromatic nitrogens is 3. The number of hydrogen-bond acceptors (Lipinski definition) is 3. The number of hydrogen-bond donors (Lipinski definition) is 0. The number of nitrogens with zero attached hydrogens (tertiary/aromatic N) is 3. The molecule has 0 fully saturated rings. The van der Waals surface area contributed by atoms with Crippen LogP contribution in [0.25, 0.3) is 82.1 Å². The number of benzene rings is 6. The second-order valence-electron chi connectivity index (χ2n) is 11.4. The molecule has 0 saturated heterocycles. The summed E-state index contributed by atoms with van der Waals surface area (Å²) >= 11 is 1.85. The summed E-state index contributed by atoms with van der Waals surface area (Å²) in [4.78, 5) is 11.3. The van der Waals surface area contributed by atoms with Gasteiger partial charge >= 0.3 is 0 Å². The van der Waals surface area contributed by atoms with Gasteiger partial charge in [-0.05, 0) is 41.0 Å². The molecule has 4 heteroatoms. The van der Waals surface area contributed by atoms with Crippen molar-refractivity contribution >= 4 is 37.3 Å². The molecule has 3 nitrogen and oxygen atoms in total. The van der Waals surface area contributed by atoms with Crippen molar-refractivity contribution in [3.05, 3.63) is 164 Å². The van der Waals surface area contributed by atoms with Gasteiger partial charge in [-0.25, -0.2) is 9.97 Å². The quantitative estimate of drug-likeness (QED) is 0.195. The van der Waals surface area contributed by atoms with E-state index in [9.17, 15) is 0 Å². The van der Waals surface area contributed by atoms with Crippen LogP contribution in [0.15, 0.2) is 164 Å². The molecule has 0 unspecified atom stereocenters. The molecule has 0 atom stereocenters. The molecule has 0 bridgehead atoms. The highest BCUT2D eigenvalue weighted by Crippen LogP contribution is 2.46. The lowest BCUT2D eigenvalue weighted by atomic mass is 9.95. The normalized spacial score (nSPS) is 11.5. The van der Waals surface area contributed by atoms with Gasteiger partial charge in [0, 0.05) is 27.6 Å². The smallest absolute Gasteiger partial charge is 0.160 e. The van der Waals surface area contributed by atoms with Crippen LogP contribution in [0, 0.1) is 0 Å². The highest BCUT2D eigenvalue weighted by atomic mass is 32.1. The van der Waals surface area contributed by atoms with Crippen LogP contribution in [0.2, 0.25) is 0 Å². The molecule has 0 aliphatic rings. The van der Waals surface area contributed by atoms with Crippen molar-refractivity contribution in [3.8, 4) is 56.2 Å². The maximum absolute atomic E-state index is 5.06. The lowest BCUT2D eigenvalue weighted by Gasteiger charge is -2.11. The van der Waals surface area contributed by atoms with Gasteiger partial charge in [0.25, 0.3) is 0 Å². The number of fused-ring (bicyclic) bond motifs is 5. The molecule has 0 amide bonds. The third-order valence-corrected chi connectivity index (χ3v) is 9.79. The Balaban J connectivity index is 1.24. The second kappa shape index (κ2) is 11.0. The van der Waals surface area contributed by atoms with Crippen molar-refractivity contribution in [3.63, 3.8) is 0 Å². The predicted octanol–water partition coefficient (Wildman–Crippen LogP) is 11.4. The molecule has 0 aliphatic heterocycles. The third kappa shape index (κ3) is 4.42. The Morgan fingerprint density at radius 1 is 0.435 bits per heavy atom. The molecule has 0 aliphatic carbocycles. The van der Waals surface area contributed by atoms with E-state index in [1.807, 2.05) is 35.6 Å². The largest absolute Gasteiger partial charge is 0.299 e. The Kier molecular flexibility index (Phi) is 6.32. The molecular formula is C42H27N3S. The first kappa shape index (κ1) is 26.6. The summed E-state index contributed by atoms with van der Waals surface area (Å²) in [6.45, 7) is 0. The van der Waals surface area contributed by atoms with Crippen LogP contribution in [-0.2, 0) is 0 Å². The summed E-state index contributed by atoms with van der Waals surface area (Å²) in [5.41, 5.74) is 12.3. The van der Waals surface area contributed by atoms with Gasteiger partial charge < -0.3 is 0 Å². The van der Waals surface area contributed by atoms with E-state index in [-0.39, 0.29) is 0 Å². The molecule has 9 rings (SSSR count). The minimum atomic E-state index is 0.721. The maximum atomic E-state index is 5.06. The molecule has 46 heavy (non-hydrogen) atoms. The number of thiazole rings is 1. The van der Waals surface area contributed by atoms with Crippen molar-refractivity contribution in [2.45, 2.75) is 0 Å². The lowest BCUT2D eigenvalue weighted by molar-refractivity contribution is 1.18. The van der Waals surface area contributed by atoms with E-state index in [1.54, 1.807) is 0 Å². The fraction of sp³-hybridized carbons (Fsp3) is 0. The van der Waals surface area contributed by atoms with Gasteiger partial charge in [0.2, 0.25) is 0 Å². The van der Waals surface area contributed by atoms with Crippen molar-refractivity contribution in [1.82, 2.24) is 14.4 Å². The highest BCUT2D eigenvalue weighted by molar-refractivity contribution is 7.24. The van der Waals surface area contributed by atoms with Crippen molar-refractivity contribution in [2.24, 2.45) is 0 Å². The van der Waals surface area contributed by atoms with Crippen LogP contribution in [0.5, 0.6) is 0 Å². The summed E-state index contributed by atoms with van der Waals surface area (Å²) in [6.07, 6.45) is 0. The van der Waals surface area contributed by atoms with E-state index in [4.69, 9.17) is 9.97 Å². The first-order chi connectivity index (χ1) is 22.8. The molecule has 0 spiro atoms. The zero-order chi connectivity index (χ0) is 30.5. The van der Waals surface area contributed by atoms with E-state index in [1.165, 1.54) is 48.2 Å². The van der Waals surface area contributed by atoms with Crippen molar-refractivity contribution in [1.29, 1.82) is 0 Å². The Morgan fingerprint density at radius 3 is 1.67 bits per heavy atom. The highest BCUT2D eigenvalue weighted by Gasteiger charge is 2.21. The van der Waals surface area contributed by atoms with Gasteiger partial charge in [-0.3, -0.25) is 4.40 Å². The summed E-state index contributed by atoms with van der Waals surface area (Å²) in [6, 6.07) is 57.7. The Labute approximate surface area is 270 Å². The zero-order valence-electron chi connectivity index (χ0n) is 24.8. The molecule has 3 aromatic heterocycles. The maximum Gasteiger partial charge on any atom is 0.160 e. The number of rotatable bonds is 5. The fourth-order valence-corrected chi connectivity index (χ4v) is 7.72. The average molecular weight is 606 g/mol. The SMILES string of the molecule is c1ccc(-c2cc(-c3ccc(-c4c5c(-c6ccccc6)cccc5n5c4sc4ccccc45)cc3)nc(-c3ccccc3)n2)cc1. The molecular weight excluding hydrogens is 579 g/mol. The van der Waals surface area contributed by atoms with Crippen LogP contribution in [0.4, 0.5) is 0 Å². The fourth-order valence-electron chi connectivity index (χ4n) is 6.49. The van der Waals surface area contributed by atoms with E-state index < -0.39 is 0 Å². The van der Waals surface area contributed by atoms with Crippen LogP contribution in [0.3, 0.4) is 0 Å². The van der Waals surface area contributed by atoms with Gasteiger partial charge in [-0.15, -0.1) is 11.3 Å². The van der Waals surface area contributed by atoms with Crippen LogP contribution >= 0.6 is 11.3 Å². The predicted molar refractivity (Wildman–Crippen MR) is 193 cm³/mol. The molecule has 216 valence electrons. The van der Waals surface area contributed by atoms with Crippen LogP contribution in [0.1, 0.15) is 0 Å². The van der Waals surface area contributed by atoms with Crippen LogP contribution < -0.4 is 0 Å². The summed E-state index contributed by atoms with van der Waals surface area (Å²) < 4.78 is 3.72. The molecule has 6 aromatic carbocycles. The summed E-state index contributed by atoms with van der Waals surface area (Å²) in [7, 11) is 0. The van der Waals surface area contributed by atoms with Gasteiger partial charge in [-0.2, -0.15) is 0 Å². The topological polar surface area (TPSA) is 30.2 Å². The van der Waals surface area contributed by atoms with Gasteiger partial charge in [0.15, 0.2) is 5.82 Å². The molecule has 0 radical (unpaired) electrons. The monoisotopic (exact) mass is 605 g/mol. The van der Waals surface area contributed by atoms with Gasteiger partial charge in [0.05, 0.1) is 27.1 Å². The lowest BCUT2D eigenvalue weighted by Crippen LogP contribution is -1.95. The Bertz CT molecular complexity index is 2440. The summed E-state index contributed by atoms with van der Waals surface area (Å²) in [5, 5.41) is 1.28. The van der Waals surface area contributed by atoms with E-state index >= 15 is 0 Å². The van der Waals surface area contributed by atoms with Crippen LogP contribution in [-0.4, -0.2) is 14.4 Å². The molecule has 3 heterocycles.